The lowest BCUT2D eigenvalue weighted by Gasteiger charge is -2.23. The van der Waals surface area contributed by atoms with Gasteiger partial charge in [-0.05, 0) is 19.3 Å². The van der Waals surface area contributed by atoms with E-state index in [2.05, 4.69) is 0 Å². The summed E-state index contributed by atoms with van der Waals surface area (Å²) in [5.41, 5.74) is 0. The molecule has 1 aliphatic heterocycles. The summed E-state index contributed by atoms with van der Waals surface area (Å²) >= 11 is 0. The van der Waals surface area contributed by atoms with Crippen molar-refractivity contribution in [3.05, 3.63) is 0 Å². The van der Waals surface area contributed by atoms with Gasteiger partial charge in [-0.25, -0.2) is 0 Å². The van der Waals surface area contributed by atoms with E-state index in [1.165, 1.54) is 0 Å². The van der Waals surface area contributed by atoms with Crippen LogP contribution in [0.3, 0.4) is 0 Å². The number of hydrogen-bond acceptors (Lipinski definition) is 3. The Morgan fingerprint density at radius 1 is 1.43 bits per heavy atom. The zero-order chi connectivity index (χ0) is 9.97. The quantitative estimate of drug-likeness (QED) is 0.693. The summed E-state index contributed by atoms with van der Waals surface area (Å²) in [6.45, 7) is 1.82. The molecule has 1 atom stereocenters. The predicted molar refractivity (Wildman–Crippen MR) is 50.7 cm³/mol. The molecule has 2 aliphatic rings. The van der Waals surface area contributed by atoms with Crippen molar-refractivity contribution in [1.29, 1.82) is 0 Å². The van der Waals surface area contributed by atoms with E-state index in [9.17, 15) is 4.79 Å². The molecule has 0 bridgehead atoms. The molecule has 2 fully saturated rings. The van der Waals surface area contributed by atoms with Crippen molar-refractivity contribution >= 4 is 5.91 Å². The molecule has 1 saturated carbocycles. The Kier molecular flexibility index (Phi) is 3.03. The molecule has 80 valence electrons. The highest BCUT2D eigenvalue weighted by Gasteiger charge is 2.36. The van der Waals surface area contributed by atoms with E-state index in [4.69, 9.17) is 9.84 Å². The van der Waals surface area contributed by atoms with Gasteiger partial charge in [-0.3, -0.25) is 4.79 Å². The molecule has 1 unspecified atom stereocenters. The number of amides is 1. The first-order valence-electron chi connectivity index (χ1n) is 5.32. The Labute approximate surface area is 83.8 Å². The van der Waals surface area contributed by atoms with E-state index in [1.807, 2.05) is 4.90 Å². The number of nitrogens with zero attached hydrogens (tertiary/aromatic N) is 1. The Bertz CT molecular complexity index is 209. The fourth-order valence-corrected chi connectivity index (χ4v) is 1.93. The van der Waals surface area contributed by atoms with Gasteiger partial charge in [0.25, 0.3) is 0 Å². The smallest absolute Gasteiger partial charge is 0.228 e. The van der Waals surface area contributed by atoms with Crippen molar-refractivity contribution < 1.29 is 14.6 Å². The maximum absolute atomic E-state index is 12.0. The first kappa shape index (κ1) is 9.93. The fourth-order valence-electron chi connectivity index (χ4n) is 1.93. The SMILES string of the molecule is O=C(C1CCOC1)N(CCO)C1CC1. The van der Waals surface area contributed by atoms with Gasteiger partial charge in [0.05, 0.1) is 19.1 Å². The third kappa shape index (κ3) is 2.07. The second kappa shape index (κ2) is 4.28. The maximum Gasteiger partial charge on any atom is 0.228 e. The Hall–Kier alpha value is -0.610. The van der Waals surface area contributed by atoms with E-state index in [-0.39, 0.29) is 18.4 Å². The fraction of sp³-hybridized carbons (Fsp3) is 0.900. The topological polar surface area (TPSA) is 49.8 Å². The largest absolute Gasteiger partial charge is 0.395 e. The summed E-state index contributed by atoms with van der Waals surface area (Å²) < 4.78 is 5.20. The zero-order valence-electron chi connectivity index (χ0n) is 8.32. The van der Waals surface area contributed by atoms with Gasteiger partial charge < -0.3 is 14.7 Å². The van der Waals surface area contributed by atoms with Crippen LogP contribution in [0.4, 0.5) is 0 Å². The van der Waals surface area contributed by atoms with Crippen molar-refractivity contribution in [2.24, 2.45) is 5.92 Å². The number of aliphatic hydroxyl groups excluding tert-OH is 1. The predicted octanol–water partition coefficient (Wildman–Crippen LogP) is 0.00620. The molecule has 1 heterocycles. The van der Waals surface area contributed by atoms with Crippen LogP contribution in [0.25, 0.3) is 0 Å². The molecule has 1 aliphatic carbocycles. The van der Waals surface area contributed by atoms with Crippen molar-refractivity contribution in [2.75, 3.05) is 26.4 Å². The first-order chi connectivity index (χ1) is 6.83. The van der Waals surface area contributed by atoms with Gasteiger partial charge >= 0.3 is 0 Å². The lowest BCUT2D eigenvalue weighted by molar-refractivity contribution is -0.136. The number of ether oxygens (including phenoxy) is 1. The molecular weight excluding hydrogens is 182 g/mol. The van der Waals surface area contributed by atoms with Crippen LogP contribution < -0.4 is 0 Å². The molecule has 4 heteroatoms. The molecule has 14 heavy (non-hydrogen) atoms. The monoisotopic (exact) mass is 199 g/mol. The molecular formula is C10H17NO3. The summed E-state index contributed by atoms with van der Waals surface area (Å²) in [5.74, 6) is 0.223. The number of hydrogen-bond donors (Lipinski definition) is 1. The van der Waals surface area contributed by atoms with Crippen LogP contribution in [0.5, 0.6) is 0 Å². The van der Waals surface area contributed by atoms with Gasteiger partial charge in [0.15, 0.2) is 0 Å². The molecule has 0 aromatic heterocycles. The highest BCUT2D eigenvalue weighted by atomic mass is 16.5. The molecule has 1 amide bonds. The van der Waals surface area contributed by atoms with Crippen molar-refractivity contribution in [3.8, 4) is 0 Å². The minimum atomic E-state index is 0.0437. The standard InChI is InChI=1S/C10H17NO3/c12-5-4-11(9-1-2-9)10(13)8-3-6-14-7-8/h8-9,12H,1-7H2. The van der Waals surface area contributed by atoms with Crippen LogP contribution in [0, 0.1) is 5.92 Å². The number of carbonyl (C=O) groups excluding carboxylic acids is 1. The molecule has 1 saturated heterocycles. The molecule has 0 aromatic rings. The third-order valence-electron chi connectivity index (χ3n) is 2.89. The van der Waals surface area contributed by atoms with Gasteiger partial charge in [0, 0.05) is 19.2 Å². The third-order valence-corrected chi connectivity index (χ3v) is 2.89. The summed E-state index contributed by atoms with van der Waals surface area (Å²) in [4.78, 5) is 13.8. The normalized spacial score (nSPS) is 26.5. The zero-order valence-corrected chi connectivity index (χ0v) is 8.32. The van der Waals surface area contributed by atoms with Crippen molar-refractivity contribution in [2.45, 2.75) is 25.3 Å². The van der Waals surface area contributed by atoms with Gasteiger partial charge in [-0.15, -0.1) is 0 Å². The van der Waals surface area contributed by atoms with E-state index in [1.54, 1.807) is 0 Å². The number of aliphatic hydroxyl groups is 1. The van der Waals surface area contributed by atoms with Gasteiger partial charge in [-0.2, -0.15) is 0 Å². The average molecular weight is 199 g/mol. The van der Waals surface area contributed by atoms with E-state index >= 15 is 0 Å². The van der Waals surface area contributed by atoms with Gasteiger partial charge in [-0.1, -0.05) is 0 Å². The molecule has 0 spiro atoms. The molecule has 2 rings (SSSR count). The van der Waals surface area contributed by atoms with E-state index < -0.39 is 0 Å². The number of carbonyl (C=O) groups is 1. The molecule has 0 aromatic carbocycles. The second-order valence-electron chi connectivity index (χ2n) is 4.05. The summed E-state index contributed by atoms with van der Waals surface area (Å²) in [6.07, 6.45) is 3.03. The first-order valence-corrected chi connectivity index (χ1v) is 5.32. The van der Waals surface area contributed by atoms with Gasteiger partial charge in [0.1, 0.15) is 0 Å². The summed E-state index contributed by atoms with van der Waals surface area (Å²) in [6, 6.07) is 0.398. The average Bonchev–Trinajstić information content (AvgIpc) is 2.88. The molecule has 1 N–H and O–H groups in total. The van der Waals surface area contributed by atoms with Crippen LogP contribution in [-0.4, -0.2) is 48.3 Å². The minimum Gasteiger partial charge on any atom is -0.395 e. The van der Waals surface area contributed by atoms with Crippen LogP contribution >= 0.6 is 0 Å². The van der Waals surface area contributed by atoms with Crippen LogP contribution in [0.1, 0.15) is 19.3 Å². The van der Waals surface area contributed by atoms with Crippen LogP contribution in [-0.2, 0) is 9.53 Å². The Morgan fingerprint density at radius 2 is 2.21 bits per heavy atom. The van der Waals surface area contributed by atoms with E-state index in [0.717, 1.165) is 19.3 Å². The second-order valence-corrected chi connectivity index (χ2v) is 4.05. The van der Waals surface area contributed by atoms with Crippen molar-refractivity contribution in [1.82, 2.24) is 4.90 Å². The lowest BCUT2D eigenvalue weighted by atomic mass is 10.1. The minimum absolute atomic E-state index is 0.0437. The molecule has 4 nitrogen and oxygen atoms in total. The highest BCUT2D eigenvalue weighted by Crippen LogP contribution is 2.29. The van der Waals surface area contributed by atoms with Gasteiger partial charge in [0.2, 0.25) is 5.91 Å². The van der Waals surface area contributed by atoms with Crippen molar-refractivity contribution in [3.63, 3.8) is 0 Å². The Morgan fingerprint density at radius 3 is 2.71 bits per heavy atom. The summed E-state index contributed by atoms with van der Waals surface area (Å²) in [5, 5.41) is 8.88. The number of rotatable bonds is 4. The highest BCUT2D eigenvalue weighted by molar-refractivity contribution is 5.79. The van der Waals surface area contributed by atoms with Crippen LogP contribution in [0.15, 0.2) is 0 Å². The van der Waals surface area contributed by atoms with E-state index in [0.29, 0.717) is 25.8 Å². The van der Waals surface area contributed by atoms with Crippen LogP contribution in [0.2, 0.25) is 0 Å². The Balaban J connectivity index is 1.91. The summed E-state index contributed by atoms with van der Waals surface area (Å²) in [7, 11) is 0. The molecule has 0 radical (unpaired) electrons. The maximum atomic E-state index is 12.0. The lowest BCUT2D eigenvalue weighted by Crippen LogP contribution is -2.39.